The van der Waals surface area contributed by atoms with Crippen molar-refractivity contribution in [1.82, 2.24) is 4.90 Å². The summed E-state index contributed by atoms with van der Waals surface area (Å²) in [6.07, 6.45) is 4.84. The van der Waals surface area contributed by atoms with E-state index in [1.807, 2.05) is 6.92 Å². The average Bonchev–Trinajstić information content (AvgIpc) is 2.92. The molecule has 1 heterocycles. The summed E-state index contributed by atoms with van der Waals surface area (Å²) in [5, 5.41) is 0.213. The first-order chi connectivity index (χ1) is 6.68. The highest BCUT2D eigenvalue weighted by Crippen LogP contribution is 2.32. The average molecular weight is 213 g/mol. The van der Waals surface area contributed by atoms with Gasteiger partial charge >= 0.3 is 0 Å². The molecule has 1 aliphatic heterocycles. The van der Waals surface area contributed by atoms with Crippen molar-refractivity contribution in [2.45, 2.75) is 37.9 Å². The minimum atomic E-state index is 0.172. The fraction of sp³-hybridized carbons (Fsp3) is 0.909. The van der Waals surface area contributed by atoms with Crippen LogP contribution in [0.3, 0.4) is 0 Å². The fourth-order valence-corrected chi connectivity index (χ4v) is 2.49. The van der Waals surface area contributed by atoms with Crippen molar-refractivity contribution in [2.24, 2.45) is 11.8 Å². The largest absolute Gasteiger partial charge is 0.342 e. The van der Waals surface area contributed by atoms with Crippen molar-refractivity contribution in [3.8, 4) is 0 Å². The molecule has 1 saturated carbocycles. The topological polar surface area (TPSA) is 20.3 Å². The number of carbonyl (C=O) groups is 1. The Kier molecular flexibility index (Phi) is 3.05. The summed E-state index contributed by atoms with van der Waals surface area (Å²) in [6.45, 7) is 4.02. The Balaban J connectivity index is 1.93. The van der Waals surface area contributed by atoms with Gasteiger partial charge in [0.15, 0.2) is 0 Å². The molecule has 80 valence electrons. The van der Waals surface area contributed by atoms with Crippen molar-refractivity contribution in [1.29, 1.82) is 0 Å². The zero-order chi connectivity index (χ0) is 10.1. The van der Waals surface area contributed by atoms with E-state index in [-0.39, 0.29) is 11.2 Å². The summed E-state index contributed by atoms with van der Waals surface area (Å²) in [6, 6.07) is 0. The van der Waals surface area contributed by atoms with Crippen LogP contribution in [0.1, 0.15) is 32.6 Å². The summed E-state index contributed by atoms with van der Waals surface area (Å²) < 4.78 is 0. The molecule has 0 aromatic rings. The molecule has 1 amide bonds. The maximum atomic E-state index is 12.0. The Hall–Kier alpha value is -0.180. The van der Waals surface area contributed by atoms with Crippen LogP contribution < -0.4 is 0 Å². The number of likely N-dealkylation sites (tertiary alicyclic amines) is 1. The summed E-state index contributed by atoms with van der Waals surface area (Å²) in [5.41, 5.74) is 0. The number of rotatable bonds is 3. The number of thiol groups is 1. The van der Waals surface area contributed by atoms with Crippen LogP contribution in [0.2, 0.25) is 0 Å². The first-order valence-electron chi connectivity index (χ1n) is 5.65. The van der Waals surface area contributed by atoms with Gasteiger partial charge in [-0.1, -0.05) is 6.92 Å². The number of nitrogens with zero attached hydrogens (tertiary/aromatic N) is 1. The van der Waals surface area contributed by atoms with E-state index in [1.54, 1.807) is 0 Å². The molecule has 14 heavy (non-hydrogen) atoms. The lowest BCUT2D eigenvalue weighted by Crippen LogP contribution is -2.44. The molecule has 0 spiro atoms. The minimum Gasteiger partial charge on any atom is -0.342 e. The lowest BCUT2D eigenvalue weighted by molar-refractivity contribution is -0.138. The SMILES string of the molecule is CC(S)C1CCCN(CC2CC2)C1=O. The van der Waals surface area contributed by atoms with Crippen LogP contribution in [-0.4, -0.2) is 29.1 Å². The lowest BCUT2D eigenvalue weighted by atomic mass is 9.94. The number of carbonyl (C=O) groups excluding carboxylic acids is 1. The van der Waals surface area contributed by atoms with Gasteiger partial charge in [-0.15, -0.1) is 0 Å². The lowest BCUT2D eigenvalue weighted by Gasteiger charge is -2.33. The van der Waals surface area contributed by atoms with Gasteiger partial charge in [-0.25, -0.2) is 0 Å². The van der Waals surface area contributed by atoms with Crippen LogP contribution >= 0.6 is 12.6 Å². The van der Waals surface area contributed by atoms with Crippen LogP contribution in [0.15, 0.2) is 0 Å². The third kappa shape index (κ3) is 2.25. The van der Waals surface area contributed by atoms with Gasteiger partial charge in [-0.2, -0.15) is 12.6 Å². The van der Waals surface area contributed by atoms with Crippen LogP contribution in [0, 0.1) is 11.8 Å². The van der Waals surface area contributed by atoms with E-state index in [2.05, 4.69) is 17.5 Å². The Labute approximate surface area is 91.5 Å². The zero-order valence-corrected chi connectivity index (χ0v) is 9.67. The molecule has 2 nitrogen and oxygen atoms in total. The Morgan fingerprint density at radius 3 is 2.79 bits per heavy atom. The van der Waals surface area contributed by atoms with Gasteiger partial charge in [-0.05, 0) is 31.6 Å². The van der Waals surface area contributed by atoms with Gasteiger partial charge in [0.2, 0.25) is 5.91 Å². The summed E-state index contributed by atoms with van der Waals surface area (Å²) in [4.78, 5) is 14.1. The van der Waals surface area contributed by atoms with Gasteiger partial charge in [0, 0.05) is 24.3 Å². The molecule has 0 aromatic heterocycles. The molecule has 0 radical (unpaired) electrons. The smallest absolute Gasteiger partial charge is 0.226 e. The molecule has 2 rings (SSSR count). The highest BCUT2D eigenvalue weighted by Gasteiger charge is 2.34. The first kappa shape index (κ1) is 10.3. The van der Waals surface area contributed by atoms with E-state index < -0.39 is 0 Å². The van der Waals surface area contributed by atoms with Crippen molar-refractivity contribution < 1.29 is 4.79 Å². The Bertz CT molecular complexity index is 225. The molecule has 1 saturated heterocycles. The normalized spacial score (nSPS) is 30.6. The third-order valence-electron chi connectivity index (χ3n) is 3.33. The minimum absolute atomic E-state index is 0.172. The second kappa shape index (κ2) is 4.13. The number of hydrogen-bond acceptors (Lipinski definition) is 2. The Morgan fingerprint density at radius 2 is 2.21 bits per heavy atom. The highest BCUT2D eigenvalue weighted by atomic mass is 32.1. The van der Waals surface area contributed by atoms with Crippen LogP contribution in [0.4, 0.5) is 0 Å². The third-order valence-corrected chi connectivity index (χ3v) is 3.69. The Morgan fingerprint density at radius 1 is 1.50 bits per heavy atom. The quantitative estimate of drug-likeness (QED) is 0.711. The second-order valence-electron chi connectivity index (χ2n) is 4.72. The van der Waals surface area contributed by atoms with E-state index in [1.165, 1.54) is 12.8 Å². The number of amides is 1. The molecule has 1 aliphatic carbocycles. The van der Waals surface area contributed by atoms with Crippen molar-refractivity contribution >= 4 is 18.5 Å². The highest BCUT2D eigenvalue weighted by molar-refractivity contribution is 7.81. The summed E-state index contributed by atoms with van der Waals surface area (Å²) in [5.74, 6) is 1.34. The van der Waals surface area contributed by atoms with Crippen molar-refractivity contribution in [3.63, 3.8) is 0 Å². The monoisotopic (exact) mass is 213 g/mol. The van der Waals surface area contributed by atoms with Crippen LogP contribution in [0.5, 0.6) is 0 Å². The standard InChI is InChI=1S/C11H19NOS/c1-8(14)10-3-2-6-12(11(10)13)7-9-4-5-9/h8-10,14H,2-7H2,1H3. The molecule has 2 atom stereocenters. The predicted molar refractivity (Wildman–Crippen MR) is 60.5 cm³/mol. The number of piperidine rings is 1. The van der Waals surface area contributed by atoms with E-state index in [4.69, 9.17) is 0 Å². The fourth-order valence-electron chi connectivity index (χ4n) is 2.21. The van der Waals surface area contributed by atoms with Crippen molar-refractivity contribution in [2.75, 3.05) is 13.1 Å². The molecule has 2 aliphatic rings. The second-order valence-corrected chi connectivity index (χ2v) is 5.53. The van der Waals surface area contributed by atoms with E-state index in [9.17, 15) is 4.79 Å². The molecule has 0 aromatic carbocycles. The maximum Gasteiger partial charge on any atom is 0.226 e. The predicted octanol–water partition coefficient (Wildman–Crippen LogP) is 1.95. The maximum absolute atomic E-state index is 12.0. The molecular formula is C11H19NOS. The van der Waals surface area contributed by atoms with E-state index in [0.717, 1.165) is 31.8 Å². The van der Waals surface area contributed by atoms with E-state index in [0.29, 0.717) is 5.91 Å². The molecular weight excluding hydrogens is 194 g/mol. The van der Waals surface area contributed by atoms with E-state index >= 15 is 0 Å². The van der Waals surface area contributed by atoms with Crippen LogP contribution in [-0.2, 0) is 4.79 Å². The molecule has 3 heteroatoms. The molecule has 2 fully saturated rings. The van der Waals surface area contributed by atoms with Gasteiger partial charge < -0.3 is 4.90 Å². The van der Waals surface area contributed by atoms with Gasteiger partial charge in [0.25, 0.3) is 0 Å². The summed E-state index contributed by atoms with van der Waals surface area (Å²) >= 11 is 4.40. The van der Waals surface area contributed by atoms with Crippen molar-refractivity contribution in [3.05, 3.63) is 0 Å². The van der Waals surface area contributed by atoms with Gasteiger partial charge in [0.05, 0.1) is 0 Å². The molecule has 2 unspecified atom stereocenters. The molecule has 0 bridgehead atoms. The molecule has 0 N–H and O–H groups in total. The number of hydrogen-bond donors (Lipinski definition) is 1. The van der Waals surface area contributed by atoms with Crippen LogP contribution in [0.25, 0.3) is 0 Å². The first-order valence-corrected chi connectivity index (χ1v) is 6.17. The van der Waals surface area contributed by atoms with Gasteiger partial charge in [-0.3, -0.25) is 4.79 Å². The summed E-state index contributed by atoms with van der Waals surface area (Å²) in [7, 11) is 0. The van der Waals surface area contributed by atoms with Gasteiger partial charge in [0.1, 0.15) is 0 Å². The zero-order valence-electron chi connectivity index (χ0n) is 8.78.